The number of nitrogens with one attached hydrogen (secondary N) is 2. The number of methoxy groups -OCH3 is 1. The van der Waals surface area contributed by atoms with Crippen molar-refractivity contribution < 1.29 is 28.2 Å². The molecule has 1 aliphatic heterocycles. The monoisotopic (exact) mass is 618 g/mol. The summed E-state index contributed by atoms with van der Waals surface area (Å²) in [5.74, 6) is -0.818. The summed E-state index contributed by atoms with van der Waals surface area (Å²) in [4.78, 5) is 49.6. The molecule has 1 aliphatic carbocycles. The lowest BCUT2D eigenvalue weighted by molar-refractivity contribution is -0.147. The topological polar surface area (TPSA) is 126 Å². The van der Waals surface area contributed by atoms with E-state index in [9.17, 15) is 18.8 Å². The van der Waals surface area contributed by atoms with Gasteiger partial charge in [-0.15, -0.1) is 11.3 Å². The van der Waals surface area contributed by atoms with Crippen LogP contribution in [0.15, 0.2) is 54.9 Å². The summed E-state index contributed by atoms with van der Waals surface area (Å²) in [6.45, 7) is 3.22. The number of ether oxygens (including phenoxy) is 2. The van der Waals surface area contributed by atoms with Crippen LogP contribution < -0.4 is 15.4 Å². The van der Waals surface area contributed by atoms with Gasteiger partial charge in [0.1, 0.15) is 12.2 Å². The predicted molar refractivity (Wildman–Crippen MR) is 163 cm³/mol. The molecule has 4 aromatic rings. The molecule has 1 saturated carbocycles. The van der Waals surface area contributed by atoms with E-state index >= 15 is 0 Å². The number of aromatic nitrogens is 2. The normalized spacial score (nSPS) is 15.2. The fraction of sp³-hybridized carbons (Fsp3) is 0.323. The van der Waals surface area contributed by atoms with E-state index < -0.39 is 11.8 Å². The second-order valence-electron chi connectivity index (χ2n) is 10.7. The van der Waals surface area contributed by atoms with Crippen molar-refractivity contribution in [1.82, 2.24) is 25.1 Å². The Bertz CT molecular complexity index is 1680. The molecule has 0 radical (unpaired) electrons. The Hall–Kier alpha value is -4.62. The van der Waals surface area contributed by atoms with Crippen LogP contribution in [0.3, 0.4) is 0 Å². The molecule has 0 spiro atoms. The van der Waals surface area contributed by atoms with Gasteiger partial charge in [-0.05, 0) is 42.7 Å². The molecule has 11 nitrogen and oxygen atoms in total. The number of rotatable bonds is 9. The van der Waals surface area contributed by atoms with E-state index in [-0.39, 0.29) is 30.2 Å². The zero-order chi connectivity index (χ0) is 30.6. The van der Waals surface area contributed by atoms with Gasteiger partial charge in [0.2, 0.25) is 5.91 Å². The lowest BCUT2D eigenvalue weighted by atomic mass is 10.2. The number of amides is 3. The third kappa shape index (κ3) is 7.12. The number of fused-ring (bicyclic) bond motifs is 1. The van der Waals surface area contributed by atoms with E-state index in [1.54, 1.807) is 23.2 Å². The summed E-state index contributed by atoms with van der Waals surface area (Å²) < 4.78 is 26.2. The van der Waals surface area contributed by atoms with E-state index in [0.29, 0.717) is 49.7 Å². The number of urea groups is 1. The van der Waals surface area contributed by atoms with Gasteiger partial charge in [-0.25, -0.2) is 9.18 Å². The van der Waals surface area contributed by atoms with E-state index in [1.807, 2.05) is 24.4 Å². The van der Waals surface area contributed by atoms with Crippen molar-refractivity contribution in [2.24, 2.45) is 0 Å². The first-order valence-corrected chi connectivity index (χ1v) is 15.1. The highest BCUT2D eigenvalue weighted by Crippen LogP contribution is 2.39. The zero-order valence-corrected chi connectivity index (χ0v) is 24.9. The van der Waals surface area contributed by atoms with Gasteiger partial charge in [0, 0.05) is 69.0 Å². The minimum Gasteiger partial charge on any atom is -0.469 e. The van der Waals surface area contributed by atoms with Gasteiger partial charge in [-0.2, -0.15) is 0 Å². The van der Waals surface area contributed by atoms with Crippen molar-refractivity contribution in [3.8, 4) is 22.1 Å². The number of nitrogens with zero attached hydrogens (tertiary/aromatic N) is 4. The first-order valence-electron chi connectivity index (χ1n) is 14.3. The highest BCUT2D eigenvalue weighted by Gasteiger charge is 2.24. The number of anilines is 1. The Labute approximate surface area is 257 Å². The number of hydrogen-bond donors (Lipinski definition) is 2. The van der Waals surface area contributed by atoms with Crippen molar-refractivity contribution in [1.29, 1.82) is 0 Å². The zero-order valence-electron chi connectivity index (χ0n) is 24.0. The highest BCUT2D eigenvalue weighted by atomic mass is 32.1. The Balaban J connectivity index is 1.08. The summed E-state index contributed by atoms with van der Waals surface area (Å²) >= 11 is 1.46. The minimum atomic E-state index is -0.595. The lowest BCUT2D eigenvalue weighted by Gasteiger charge is -2.34. The first-order chi connectivity index (χ1) is 21.3. The standard InChI is InChI=1S/C31H31FN6O5S/c1-42-29(40)16-28(39)38-12-10-37(11-13-38)18-19-2-6-23(34-17-19)27-15-24-30(44-27)26(8-9-33-24)43-25-7-5-21(14-22(25)32)36-31(41)35-20-3-4-20/h2,5-9,14-15,17,20H,3-4,10-13,16,18H2,1H3,(H2,35,36,41). The first kappa shape index (κ1) is 29.5. The molecular weight excluding hydrogens is 587 g/mol. The van der Waals surface area contributed by atoms with Crippen LogP contribution in [0.25, 0.3) is 20.8 Å². The summed E-state index contributed by atoms with van der Waals surface area (Å²) in [5.41, 5.74) is 2.88. The molecule has 2 fully saturated rings. The number of thiophene rings is 1. The summed E-state index contributed by atoms with van der Waals surface area (Å²) in [5, 5.41) is 5.45. The number of esters is 1. The minimum absolute atomic E-state index is 0.0387. The van der Waals surface area contributed by atoms with Gasteiger partial charge < -0.3 is 25.0 Å². The Kier molecular flexibility index (Phi) is 8.66. The Morgan fingerprint density at radius 3 is 2.55 bits per heavy atom. The largest absolute Gasteiger partial charge is 0.469 e. The molecule has 0 unspecified atom stereocenters. The summed E-state index contributed by atoms with van der Waals surface area (Å²) in [6.07, 6.45) is 5.16. The second kappa shape index (κ2) is 12.9. The van der Waals surface area contributed by atoms with Crippen LogP contribution in [0.1, 0.15) is 24.8 Å². The van der Waals surface area contributed by atoms with E-state index in [1.165, 1.54) is 30.6 Å². The molecule has 1 aromatic carbocycles. The fourth-order valence-electron chi connectivity index (χ4n) is 4.87. The third-order valence-electron chi connectivity index (χ3n) is 7.43. The van der Waals surface area contributed by atoms with Gasteiger partial charge >= 0.3 is 12.0 Å². The molecule has 1 saturated heterocycles. The maximum atomic E-state index is 14.9. The second-order valence-corrected chi connectivity index (χ2v) is 11.8. The number of piperazine rings is 1. The van der Waals surface area contributed by atoms with Crippen LogP contribution in [0.2, 0.25) is 0 Å². The highest BCUT2D eigenvalue weighted by molar-refractivity contribution is 7.22. The van der Waals surface area contributed by atoms with Crippen molar-refractivity contribution in [3.63, 3.8) is 0 Å². The molecule has 6 rings (SSSR count). The number of benzene rings is 1. The number of hydrogen-bond acceptors (Lipinski definition) is 9. The van der Waals surface area contributed by atoms with Gasteiger partial charge in [0.05, 0.1) is 27.9 Å². The van der Waals surface area contributed by atoms with Crippen LogP contribution >= 0.6 is 11.3 Å². The summed E-state index contributed by atoms with van der Waals surface area (Å²) in [6, 6.07) is 11.8. The van der Waals surface area contributed by atoms with Crippen LogP contribution in [0.4, 0.5) is 14.9 Å². The Morgan fingerprint density at radius 2 is 1.84 bits per heavy atom. The average molecular weight is 619 g/mol. The smallest absolute Gasteiger partial charge is 0.319 e. The van der Waals surface area contributed by atoms with Gasteiger partial charge in [-0.3, -0.25) is 24.5 Å². The van der Waals surface area contributed by atoms with Crippen molar-refractivity contribution in [2.45, 2.75) is 31.8 Å². The maximum Gasteiger partial charge on any atom is 0.319 e. The Morgan fingerprint density at radius 1 is 1.02 bits per heavy atom. The fourth-order valence-corrected chi connectivity index (χ4v) is 5.91. The molecule has 0 bridgehead atoms. The van der Waals surface area contributed by atoms with Crippen LogP contribution in [-0.2, 0) is 20.9 Å². The average Bonchev–Trinajstić information content (AvgIpc) is 3.72. The third-order valence-corrected chi connectivity index (χ3v) is 8.59. The van der Waals surface area contributed by atoms with Gasteiger partial charge in [0.15, 0.2) is 11.6 Å². The van der Waals surface area contributed by atoms with E-state index in [2.05, 4.69) is 30.2 Å². The quantitative estimate of drug-likeness (QED) is 0.203. The molecule has 2 aliphatic rings. The maximum absolute atomic E-state index is 14.9. The number of halogens is 1. The van der Waals surface area contributed by atoms with Crippen molar-refractivity contribution in [2.75, 3.05) is 38.6 Å². The van der Waals surface area contributed by atoms with E-state index in [0.717, 1.165) is 33.7 Å². The molecule has 3 aromatic heterocycles. The van der Waals surface area contributed by atoms with Gasteiger partial charge in [-0.1, -0.05) is 6.07 Å². The number of carbonyl (C=O) groups is 3. The molecule has 3 amide bonds. The predicted octanol–water partition coefficient (Wildman–Crippen LogP) is 4.78. The van der Waals surface area contributed by atoms with Crippen LogP contribution in [-0.4, -0.2) is 77.0 Å². The van der Waals surface area contributed by atoms with Crippen LogP contribution in [0.5, 0.6) is 11.5 Å². The molecular formula is C31H31FN6O5S. The summed E-state index contributed by atoms with van der Waals surface area (Å²) in [7, 11) is 1.28. The SMILES string of the molecule is COC(=O)CC(=O)N1CCN(Cc2ccc(-c3cc4nccc(Oc5ccc(NC(=O)NC6CC6)cc5F)c4s3)nc2)CC1. The molecule has 13 heteroatoms. The lowest BCUT2D eigenvalue weighted by Crippen LogP contribution is -2.48. The van der Waals surface area contributed by atoms with Crippen molar-refractivity contribution in [3.05, 3.63) is 66.2 Å². The molecule has 4 heterocycles. The molecule has 0 atom stereocenters. The molecule has 44 heavy (non-hydrogen) atoms. The molecule has 2 N–H and O–H groups in total. The van der Waals surface area contributed by atoms with Crippen molar-refractivity contribution >= 4 is 45.1 Å². The number of pyridine rings is 2. The van der Waals surface area contributed by atoms with E-state index in [4.69, 9.17) is 4.74 Å². The molecule has 228 valence electrons. The van der Waals surface area contributed by atoms with Crippen LogP contribution in [0, 0.1) is 5.82 Å². The number of carbonyl (C=O) groups excluding carboxylic acids is 3. The van der Waals surface area contributed by atoms with Gasteiger partial charge in [0.25, 0.3) is 0 Å².